The lowest BCUT2D eigenvalue weighted by Gasteiger charge is -2.35. The van der Waals surface area contributed by atoms with Crippen LogP contribution >= 0.6 is 11.6 Å². The molecule has 0 amide bonds. The molecule has 10 heteroatoms. The highest BCUT2D eigenvalue weighted by Crippen LogP contribution is 2.35. The Labute approximate surface area is 154 Å². The van der Waals surface area contributed by atoms with Crippen LogP contribution in [0.4, 0.5) is 10.1 Å². The van der Waals surface area contributed by atoms with E-state index < -0.39 is 37.4 Å². The molecule has 1 fully saturated rings. The lowest BCUT2D eigenvalue weighted by Crippen LogP contribution is -2.48. The highest BCUT2D eigenvalue weighted by molar-refractivity contribution is 7.89. The van der Waals surface area contributed by atoms with Gasteiger partial charge in [0.25, 0.3) is 15.7 Å². The van der Waals surface area contributed by atoms with E-state index >= 15 is 0 Å². The third kappa shape index (κ3) is 3.43. The fourth-order valence-electron chi connectivity index (χ4n) is 2.99. The first-order valence-corrected chi connectivity index (χ1v) is 9.55. The largest absolute Gasteiger partial charge is 0.313 e. The maximum atomic E-state index is 14.3. The van der Waals surface area contributed by atoms with Crippen molar-refractivity contribution in [2.24, 2.45) is 0 Å². The second kappa shape index (κ2) is 7.28. The fourth-order valence-corrected chi connectivity index (χ4v) is 5.00. The standard InChI is InChI=1S/C16H15ClFN3O4S/c17-12-4-1-3-11(9-12)15-10-19-7-8-20(15)26(24,25)16-13(18)5-2-6-14(16)21(22)23/h1-6,9,15,19H,7-8,10H2. The van der Waals surface area contributed by atoms with Gasteiger partial charge in [0.05, 0.1) is 11.0 Å². The zero-order chi connectivity index (χ0) is 18.9. The number of hydrogen-bond acceptors (Lipinski definition) is 5. The Hall–Kier alpha value is -2.07. The van der Waals surface area contributed by atoms with E-state index in [0.29, 0.717) is 17.1 Å². The van der Waals surface area contributed by atoms with Crippen molar-refractivity contribution in [2.45, 2.75) is 10.9 Å². The van der Waals surface area contributed by atoms with E-state index in [2.05, 4.69) is 5.32 Å². The summed E-state index contributed by atoms with van der Waals surface area (Å²) in [6.45, 7) is 0.672. The van der Waals surface area contributed by atoms with Crippen molar-refractivity contribution in [1.29, 1.82) is 0 Å². The van der Waals surface area contributed by atoms with Crippen molar-refractivity contribution in [1.82, 2.24) is 9.62 Å². The second-order valence-corrected chi connectivity index (χ2v) is 8.00. The Balaban J connectivity index is 2.12. The van der Waals surface area contributed by atoms with Gasteiger partial charge in [-0.2, -0.15) is 4.31 Å². The van der Waals surface area contributed by atoms with Gasteiger partial charge in [-0.25, -0.2) is 12.8 Å². The van der Waals surface area contributed by atoms with Crippen molar-refractivity contribution in [3.8, 4) is 0 Å². The molecular weight excluding hydrogens is 385 g/mol. The molecule has 0 saturated carbocycles. The van der Waals surface area contributed by atoms with Crippen molar-refractivity contribution in [2.75, 3.05) is 19.6 Å². The smallest absolute Gasteiger partial charge is 0.292 e. The number of nitrogens with zero attached hydrogens (tertiary/aromatic N) is 2. The third-order valence-corrected chi connectivity index (χ3v) is 6.35. The molecule has 7 nitrogen and oxygen atoms in total. The molecule has 3 rings (SSSR count). The van der Waals surface area contributed by atoms with E-state index in [1.54, 1.807) is 24.3 Å². The first-order chi connectivity index (χ1) is 12.3. The number of benzene rings is 2. The van der Waals surface area contributed by atoms with Crippen molar-refractivity contribution in [3.63, 3.8) is 0 Å². The van der Waals surface area contributed by atoms with Crippen molar-refractivity contribution in [3.05, 3.63) is 69.0 Å². The van der Waals surface area contributed by atoms with Crippen LogP contribution in [0.1, 0.15) is 11.6 Å². The van der Waals surface area contributed by atoms with Crippen molar-refractivity contribution >= 4 is 27.3 Å². The Bertz CT molecular complexity index is 954. The average Bonchev–Trinajstić information content (AvgIpc) is 2.61. The van der Waals surface area contributed by atoms with E-state index in [9.17, 15) is 22.9 Å². The average molecular weight is 400 g/mol. The molecule has 2 aromatic rings. The number of nitro groups is 1. The maximum Gasteiger partial charge on any atom is 0.292 e. The van der Waals surface area contributed by atoms with Crippen LogP contribution in [0.25, 0.3) is 0 Å². The number of halogens is 2. The van der Waals surface area contributed by atoms with E-state index in [0.717, 1.165) is 22.5 Å². The molecule has 1 atom stereocenters. The molecule has 0 spiro atoms. The summed E-state index contributed by atoms with van der Waals surface area (Å²) in [6.07, 6.45) is 0. The van der Waals surface area contributed by atoms with Gasteiger partial charge in [-0.3, -0.25) is 10.1 Å². The van der Waals surface area contributed by atoms with Gasteiger partial charge in [-0.05, 0) is 23.8 Å². The Morgan fingerprint density at radius 1 is 1.27 bits per heavy atom. The number of nitrogens with one attached hydrogen (secondary N) is 1. The lowest BCUT2D eigenvalue weighted by atomic mass is 10.1. The van der Waals surface area contributed by atoms with Crippen LogP contribution < -0.4 is 5.32 Å². The summed E-state index contributed by atoms with van der Waals surface area (Å²) in [4.78, 5) is 9.41. The van der Waals surface area contributed by atoms with Crippen LogP contribution in [0, 0.1) is 15.9 Å². The monoisotopic (exact) mass is 399 g/mol. The SMILES string of the molecule is O=[N+]([O-])c1cccc(F)c1S(=O)(=O)N1CCNCC1c1cccc(Cl)c1. The fraction of sp³-hybridized carbons (Fsp3) is 0.250. The van der Waals surface area contributed by atoms with Crippen LogP contribution in [0.3, 0.4) is 0 Å². The van der Waals surface area contributed by atoms with E-state index in [-0.39, 0.29) is 13.1 Å². The summed E-state index contributed by atoms with van der Waals surface area (Å²) in [7, 11) is -4.44. The van der Waals surface area contributed by atoms with E-state index in [1.807, 2.05) is 0 Å². The van der Waals surface area contributed by atoms with Crippen LogP contribution in [0.5, 0.6) is 0 Å². The molecule has 0 bridgehead atoms. The van der Waals surface area contributed by atoms with Gasteiger partial charge in [0.2, 0.25) is 0 Å². The normalized spacial score (nSPS) is 18.6. The minimum absolute atomic E-state index is 0.0466. The van der Waals surface area contributed by atoms with E-state index in [1.165, 1.54) is 0 Å². The second-order valence-electron chi connectivity index (χ2n) is 5.74. The minimum atomic E-state index is -4.44. The first-order valence-electron chi connectivity index (χ1n) is 7.73. The van der Waals surface area contributed by atoms with Crippen molar-refractivity contribution < 1.29 is 17.7 Å². The Kier molecular flexibility index (Phi) is 5.24. The summed E-state index contributed by atoms with van der Waals surface area (Å²) in [5.74, 6) is -1.15. The summed E-state index contributed by atoms with van der Waals surface area (Å²) in [6, 6.07) is 9.00. The molecule has 0 radical (unpaired) electrons. The topological polar surface area (TPSA) is 92.5 Å². The minimum Gasteiger partial charge on any atom is -0.313 e. The zero-order valence-electron chi connectivity index (χ0n) is 13.4. The number of rotatable bonds is 4. The van der Waals surface area contributed by atoms with Gasteiger partial charge in [-0.1, -0.05) is 29.8 Å². The molecule has 1 N–H and O–H groups in total. The molecule has 1 aliphatic rings. The molecule has 1 aliphatic heterocycles. The van der Waals surface area contributed by atoms with E-state index in [4.69, 9.17) is 11.6 Å². The number of nitro benzene ring substituents is 1. The van der Waals surface area contributed by atoms with Crippen LogP contribution in [0.15, 0.2) is 47.4 Å². The highest BCUT2D eigenvalue weighted by Gasteiger charge is 2.40. The third-order valence-electron chi connectivity index (χ3n) is 4.14. The quantitative estimate of drug-likeness (QED) is 0.630. The number of piperazine rings is 1. The molecule has 1 unspecified atom stereocenters. The van der Waals surface area contributed by atoms with Gasteiger partial charge in [0, 0.05) is 30.7 Å². The van der Waals surface area contributed by atoms with Gasteiger partial charge in [-0.15, -0.1) is 0 Å². The van der Waals surface area contributed by atoms with Crippen LogP contribution in [0.2, 0.25) is 5.02 Å². The highest BCUT2D eigenvalue weighted by atomic mass is 35.5. The van der Waals surface area contributed by atoms with Crippen LogP contribution in [-0.2, 0) is 10.0 Å². The molecule has 0 aromatic heterocycles. The molecule has 1 heterocycles. The lowest BCUT2D eigenvalue weighted by molar-refractivity contribution is -0.388. The number of hydrogen-bond donors (Lipinski definition) is 1. The summed E-state index contributed by atoms with van der Waals surface area (Å²) in [5.41, 5.74) is -0.166. The molecule has 0 aliphatic carbocycles. The Morgan fingerprint density at radius 2 is 2.00 bits per heavy atom. The molecule has 138 valence electrons. The summed E-state index contributed by atoms with van der Waals surface area (Å²) >= 11 is 6.00. The zero-order valence-corrected chi connectivity index (χ0v) is 15.0. The maximum absolute atomic E-state index is 14.3. The molecular formula is C16H15ClFN3O4S. The molecule has 26 heavy (non-hydrogen) atoms. The molecule has 2 aromatic carbocycles. The van der Waals surface area contributed by atoms with Gasteiger partial charge in [0.1, 0.15) is 5.82 Å². The predicted octanol–water partition coefficient (Wildman–Crippen LogP) is 2.72. The summed E-state index contributed by atoms with van der Waals surface area (Å²) in [5, 5.41) is 14.7. The first kappa shape index (κ1) is 18.7. The number of sulfonamides is 1. The van der Waals surface area contributed by atoms with Gasteiger partial charge < -0.3 is 5.32 Å². The Morgan fingerprint density at radius 3 is 2.69 bits per heavy atom. The predicted molar refractivity (Wildman–Crippen MR) is 94.0 cm³/mol. The van der Waals surface area contributed by atoms with Gasteiger partial charge in [0.15, 0.2) is 4.90 Å². The van der Waals surface area contributed by atoms with Crippen LogP contribution in [-0.4, -0.2) is 37.3 Å². The summed E-state index contributed by atoms with van der Waals surface area (Å²) < 4.78 is 41.6. The molecule has 1 saturated heterocycles. The van der Waals surface area contributed by atoms with Gasteiger partial charge >= 0.3 is 0 Å².